The van der Waals surface area contributed by atoms with E-state index < -0.39 is 0 Å². The van der Waals surface area contributed by atoms with Crippen LogP contribution < -0.4 is 10.6 Å². The molecule has 1 aromatic carbocycles. The fraction of sp³-hybridized carbons (Fsp3) is 0.167. The van der Waals surface area contributed by atoms with Crippen molar-refractivity contribution in [1.82, 2.24) is 20.1 Å². The van der Waals surface area contributed by atoms with Gasteiger partial charge < -0.3 is 10.6 Å². The van der Waals surface area contributed by atoms with Crippen molar-refractivity contribution in [2.45, 2.75) is 6.92 Å². The van der Waals surface area contributed by atoms with E-state index in [0.29, 0.717) is 23.7 Å². The standard InChI is InChI=1S/C18H18ClN5O/c1-13-11-22-24(12-13)17-8-4-7-16(23-17)20-9-10-21-18(25)14-5-2-3-6-15(14)19/h2-8,11-12H,9-10H2,1H3,(H,20,23)(H,21,25). The Morgan fingerprint density at radius 2 is 2.00 bits per heavy atom. The van der Waals surface area contributed by atoms with Crippen LogP contribution in [0.25, 0.3) is 5.82 Å². The van der Waals surface area contributed by atoms with Gasteiger partial charge in [0.1, 0.15) is 5.82 Å². The number of carbonyl (C=O) groups is 1. The smallest absolute Gasteiger partial charge is 0.252 e. The van der Waals surface area contributed by atoms with Crippen LogP contribution >= 0.6 is 11.6 Å². The topological polar surface area (TPSA) is 71.8 Å². The van der Waals surface area contributed by atoms with Gasteiger partial charge in [0.05, 0.1) is 16.8 Å². The molecular formula is C18H18ClN5O. The summed E-state index contributed by atoms with van der Waals surface area (Å²) in [5.41, 5.74) is 1.54. The number of pyridine rings is 1. The van der Waals surface area contributed by atoms with Crippen molar-refractivity contribution < 1.29 is 4.79 Å². The Morgan fingerprint density at radius 1 is 1.16 bits per heavy atom. The van der Waals surface area contributed by atoms with E-state index in [0.717, 1.165) is 17.2 Å². The number of nitrogens with one attached hydrogen (secondary N) is 2. The maximum absolute atomic E-state index is 12.1. The molecule has 3 rings (SSSR count). The molecule has 0 aliphatic carbocycles. The first-order valence-corrected chi connectivity index (χ1v) is 8.26. The van der Waals surface area contributed by atoms with Gasteiger partial charge in [0.2, 0.25) is 0 Å². The number of halogens is 1. The maximum Gasteiger partial charge on any atom is 0.252 e. The lowest BCUT2D eigenvalue weighted by molar-refractivity contribution is 0.0955. The molecule has 0 spiro atoms. The Hall–Kier alpha value is -2.86. The van der Waals surface area contributed by atoms with Gasteiger partial charge in [-0.1, -0.05) is 29.8 Å². The molecule has 25 heavy (non-hydrogen) atoms. The Kier molecular flexibility index (Phi) is 5.30. The highest BCUT2D eigenvalue weighted by molar-refractivity contribution is 6.33. The van der Waals surface area contributed by atoms with Crippen LogP contribution in [0.3, 0.4) is 0 Å². The van der Waals surface area contributed by atoms with Gasteiger partial charge in [0.15, 0.2) is 5.82 Å². The van der Waals surface area contributed by atoms with Crippen LogP contribution in [0.15, 0.2) is 54.9 Å². The molecule has 2 heterocycles. The average molecular weight is 356 g/mol. The zero-order valence-corrected chi connectivity index (χ0v) is 14.5. The number of aryl methyl sites for hydroxylation is 1. The third-order valence-corrected chi connectivity index (χ3v) is 3.85. The van der Waals surface area contributed by atoms with Gasteiger partial charge in [-0.05, 0) is 36.8 Å². The average Bonchev–Trinajstić information content (AvgIpc) is 3.06. The molecule has 0 bridgehead atoms. The molecule has 7 heteroatoms. The van der Waals surface area contributed by atoms with Crippen LogP contribution in [0.1, 0.15) is 15.9 Å². The molecule has 6 nitrogen and oxygen atoms in total. The van der Waals surface area contributed by atoms with Crippen molar-refractivity contribution in [2.24, 2.45) is 0 Å². The minimum Gasteiger partial charge on any atom is -0.368 e. The number of hydrogen-bond acceptors (Lipinski definition) is 4. The van der Waals surface area contributed by atoms with Gasteiger partial charge in [-0.25, -0.2) is 9.67 Å². The lowest BCUT2D eigenvalue weighted by Crippen LogP contribution is -2.29. The van der Waals surface area contributed by atoms with Crippen molar-refractivity contribution in [3.05, 3.63) is 71.0 Å². The van der Waals surface area contributed by atoms with E-state index in [2.05, 4.69) is 20.7 Å². The molecule has 2 aromatic heterocycles. The van der Waals surface area contributed by atoms with Gasteiger partial charge in [-0.3, -0.25) is 4.79 Å². The summed E-state index contributed by atoms with van der Waals surface area (Å²) in [6.07, 6.45) is 3.70. The zero-order chi connectivity index (χ0) is 17.6. The number of aromatic nitrogens is 3. The molecule has 1 amide bonds. The van der Waals surface area contributed by atoms with E-state index in [1.807, 2.05) is 31.3 Å². The molecule has 0 aliphatic heterocycles. The van der Waals surface area contributed by atoms with Gasteiger partial charge in [-0.15, -0.1) is 0 Å². The van der Waals surface area contributed by atoms with Gasteiger partial charge in [0.25, 0.3) is 5.91 Å². The summed E-state index contributed by atoms with van der Waals surface area (Å²) in [6.45, 7) is 2.98. The number of rotatable bonds is 6. The molecule has 0 aliphatic rings. The third-order valence-electron chi connectivity index (χ3n) is 3.52. The summed E-state index contributed by atoms with van der Waals surface area (Å²) in [5, 5.41) is 10.7. The summed E-state index contributed by atoms with van der Waals surface area (Å²) in [4.78, 5) is 16.6. The molecule has 0 saturated carbocycles. The van der Waals surface area contributed by atoms with Crippen LogP contribution in [0.4, 0.5) is 5.82 Å². The minimum absolute atomic E-state index is 0.193. The number of hydrogen-bond donors (Lipinski definition) is 2. The first-order valence-electron chi connectivity index (χ1n) is 7.89. The van der Waals surface area contributed by atoms with E-state index in [9.17, 15) is 4.79 Å². The van der Waals surface area contributed by atoms with E-state index in [1.165, 1.54) is 0 Å². The second-order valence-electron chi connectivity index (χ2n) is 5.51. The van der Waals surface area contributed by atoms with Crippen LogP contribution in [0.2, 0.25) is 5.02 Å². The predicted octanol–water partition coefficient (Wildman–Crippen LogP) is 3.07. The summed E-state index contributed by atoms with van der Waals surface area (Å²) in [6, 6.07) is 12.6. The highest BCUT2D eigenvalue weighted by atomic mass is 35.5. The van der Waals surface area contributed by atoms with Gasteiger partial charge in [0, 0.05) is 19.3 Å². The molecule has 3 aromatic rings. The van der Waals surface area contributed by atoms with Crippen molar-refractivity contribution in [2.75, 3.05) is 18.4 Å². The Morgan fingerprint density at radius 3 is 2.76 bits per heavy atom. The second kappa shape index (κ2) is 7.81. The number of carbonyl (C=O) groups excluding carboxylic acids is 1. The molecular weight excluding hydrogens is 338 g/mol. The lowest BCUT2D eigenvalue weighted by atomic mass is 10.2. The summed E-state index contributed by atoms with van der Waals surface area (Å²) < 4.78 is 1.72. The molecule has 0 atom stereocenters. The summed E-state index contributed by atoms with van der Waals surface area (Å²) >= 11 is 6.01. The zero-order valence-electron chi connectivity index (χ0n) is 13.7. The largest absolute Gasteiger partial charge is 0.368 e. The number of benzene rings is 1. The fourth-order valence-corrected chi connectivity index (χ4v) is 2.52. The first kappa shape index (κ1) is 17.0. The minimum atomic E-state index is -0.193. The monoisotopic (exact) mass is 355 g/mol. The van der Waals surface area contributed by atoms with Gasteiger partial charge >= 0.3 is 0 Å². The van der Waals surface area contributed by atoms with E-state index >= 15 is 0 Å². The number of anilines is 1. The summed E-state index contributed by atoms with van der Waals surface area (Å²) in [5.74, 6) is 1.26. The predicted molar refractivity (Wildman–Crippen MR) is 98.4 cm³/mol. The van der Waals surface area contributed by atoms with Crippen molar-refractivity contribution in [1.29, 1.82) is 0 Å². The quantitative estimate of drug-likeness (QED) is 0.666. The lowest BCUT2D eigenvalue weighted by Gasteiger charge is -2.09. The Bertz CT molecular complexity index is 877. The van der Waals surface area contributed by atoms with E-state index in [4.69, 9.17) is 11.6 Å². The third kappa shape index (κ3) is 4.36. The second-order valence-corrected chi connectivity index (χ2v) is 5.91. The highest BCUT2D eigenvalue weighted by Crippen LogP contribution is 2.14. The molecule has 128 valence electrons. The fourth-order valence-electron chi connectivity index (χ4n) is 2.29. The van der Waals surface area contributed by atoms with Crippen LogP contribution in [0.5, 0.6) is 0 Å². The van der Waals surface area contributed by atoms with Crippen LogP contribution in [0, 0.1) is 6.92 Å². The van der Waals surface area contributed by atoms with Crippen LogP contribution in [-0.2, 0) is 0 Å². The SMILES string of the molecule is Cc1cnn(-c2cccc(NCCNC(=O)c3ccccc3Cl)n2)c1. The van der Waals surface area contributed by atoms with Crippen molar-refractivity contribution >= 4 is 23.3 Å². The van der Waals surface area contributed by atoms with Crippen molar-refractivity contribution in [3.8, 4) is 5.82 Å². The van der Waals surface area contributed by atoms with E-state index in [1.54, 1.807) is 35.1 Å². The van der Waals surface area contributed by atoms with Crippen molar-refractivity contribution in [3.63, 3.8) is 0 Å². The molecule has 0 unspecified atom stereocenters. The highest BCUT2D eigenvalue weighted by Gasteiger charge is 2.08. The molecule has 0 fully saturated rings. The maximum atomic E-state index is 12.1. The van der Waals surface area contributed by atoms with Crippen LogP contribution in [-0.4, -0.2) is 33.8 Å². The first-order chi connectivity index (χ1) is 12.1. The Balaban J connectivity index is 1.53. The number of nitrogens with zero attached hydrogens (tertiary/aromatic N) is 3. The number of amides is 1. The van der Waals surface area contributed by atoms with E-state index in [-0.39, 0.29) is 5.91 Å². The molecule has 0 radical (unpaired) electrons. The summed E-state index contributed by atoms with van der Waals surface area (Å²) in [7, 11) is 0. The van der Waals surface area contributed by atoms with Gasteiger partial charge in [-0.2, -0.15) is 5.10 Å². The normalized spacial score (nSPS) is 10.5. The molecule has 0 saturated heterocycles. The Labute approximate surface area is 150 Å². The molecule has 2 N–H and O–H groups in total.